The second-order valence-electron chi connectivity index (χ2n) is 5.85. The second-order valence-corrected chi connectivity index (χ2v) is 5.85. The Kier molecular flexibility index (Phi) is 6.13. The molecule has 0 saturated carbocycles. The number of carbonyl (C=O) groups excluding carboxylic acids is 1. The molecule has 0 aliphatic heterocycles. The number of anilines is 1. The monoisotopic (exact) mass is 367 g/mol. The van der Waals surface area contributed by atoms with Crippen LogP contribution in [0.3, 0.4) is 0 Å². The number of hydrogen-bond acceptors (Lipinski definition) is 3. The van der Waals surface area contributed by atoms with Crippen molar-refractivity contribution in [2.75, 3.05) is 5.32 Å². The molecular formula is C19H20F3NO3. The van der Waals surface area contributed by atoms with Crippen LogP contribution in [0.5, 0.6) is 11.5 Å². The number of amides is 1. The summed E-state index contributed by atoms with van der Waals surface area (Å²) in [5.41, 5.74) is 2.37. The van der Waals surface area contributed by atoms with Crippen LogP contribution in [0, 0.1) is 13.8 Å². The molecule has 0 heterocycles. The number of nitrogens with one attached hydrogen (secondary N) is 1. The number of carbonyl (C=O) groups is 1. The van der Waals surface area contributed by atoms with Crippen LogP contribution in [-0.4, -0.2) is 18.4 Å². The summed E-state index contributed by atoms with van der Waals surface area (Å²) in [5.74, 6) is -0.113. The third-order valence-corrected chi connectivity index (χ3v) is 3.62. The van der Waals surface area contributed by atoms with Crippen LogP contribution in [-0.2, 0) is 4.79 Å². The highest BCUT2D eigenvalue weighted by molar-refractivity contribution is 5.94. The Morgan fingerprint density at radius 2 is 1.77 bits per heavy atom. The van der Waals surface area contributed by atoms with Crippen LogP contribution < -0.4 is 14.8 Å². The minimum atomic E-state index is -4.75. The zero-order chi connectivity index (χ0) is 19.3. The number of ether oxygens (including phenoxy) is 2. The maximum atomic E-state index is 12.4. The molecule has 0 aromatic heterocycles. The van der Waals surface area contributed by atoms with Gasteiger partial charge in [-0.05, 0) is 56.2 Å². The van der Waals surface area contributed by atoms with Gasteiger partial charge in [0.2, 0.25) is 0 Å². The standard InChI is InChI=1S/C19H20F3NO3/c1-4-16(25-17-10-5-12(2)11-13(17)3)18(24)23-14-6-8-15(9-7-14)26-19(20,21)22/h5-11,16H,4H2,1-3H3,(H,23,24)/t16-/m1/s1. The predicted octanol–water partition coefficient (Wildman–Crippen LogP) is 5.00. The Labute approximate surface area is 149 Å². The molecule has 7 heteroatoms. The van der Waals surface area contributed by atoms with E-state index in [1.165, 1.54) is 12.1 Å². The lowest BCUT2D eigenvalue weighted by Crippen LogP contribution is -2.32. The van der Waals surface area contributed by atoms with Gasteiger partial charge in [0.05, 0.1) is 0 Å². The summed E-state index contributed by atoms with van der Waals surface area (Å²) in [6, 6.07) is 10.6. The largest absolute Gasteiger partial charge is 0.573 e. The van der Waals surface area contributed by atoms with E-state index in [0.29, 0.717) is 17.9 Å². The molecule has 2 aromatic rings. The van der Waals surface area contributed by atoms with Gasteiger partial charge in [-0.2, -0.15) is 0 Å². The van der Waals surface area contributed by atoms with Crippen LogP contribution in [0.4, 0.5) is 18.9 Å². The Morgan fingerprint density at radius 1 is 1.12 bits per heavy atom. The first-order chi connectivity index (χ1) is 12.2. The van der Waals surface area contributed by atoms with Crippen molar-refractivity contribution in [3.8, 4) is 11.5 Å². The molecule has 2 rings (SSSR count). The van der Waals surface area contributed by atoms with E-state index < -0.39 is 12.5 Å². The van der Waals surface area contributed by atoms with E-state index in [9.17, 15) is 18.0 Å². The fourth-order valence-corrected chi connectivity index (χ4v) is 2.37. The molecule has 1 N–H and O–H groups in total. The summed E-state index contributed by atoms with van der Waals surface area (Å²) < 4.78 is 46.1. The average Bonchev–Trinajstić information content (AvgIpc) is 2.54. The molecular weight excluding hydrogens is 347 g/mol. The zero-order valence-electron chi connectivity index (χ0n) is 14.7. The van der Waals surface area contributed by atoms with Gasteiger partial charge in [0.25, 0.3) is 5.91 Å². The van der Waals surface area contributed by atoms with Gasteiger partial charge in [-0.3, -0.25) is 4.79 Å². The number of aryl methyl sites for hydroxylation is 2. The van der Waals surface area contributed by atoms with E-state index >= 15 is 0 Å². The van der Waals surface area contributed by atoms with Gasteiger partial charge in [-0.15, -0.1) is 13.2 Å². The Morgan fingerprint density at radius 3 is 2.31 bits per heavy atom. The van der Waals surface area contributed by atoms with Gasteiger partial charge in [0.1, 0.15) is 11.5 Å². The Balaban J connectivity index is 2.02. The first-order valence-corrected chi connectivity index (χ1v) is 8.08. The number of benzene rings is 2. The summed E-state index contributed by atoms with van der Waals surface area (Å²) in [5, 5.41) is 2.63. The molecule has 0 bridgehead atoms. The van der Waals surface area contributed by atoms with Crippen molar-refractivity contribution in [1.82, 2.24) is 0 Å². The highest BCUT2D eigenvalue weighted by Gasteiger charge is 2.31. The highest BCUT2D eigenvalue weighted by atomic mass is 19.4. The normalized spacial score (nSPS) is 12.4. The fraction of sp³-hybridized carbons (Fsp3) is 0.316. The average molecular weight is 367 g/mol. The molecule has 0 unspecified atom stereocenters. The number of hydrogen-bond donors (Lipinski definition) is 1. The van der Waals surface area contributed by atoms with Crippen LogP contribution in [0.2, 0.25) is 0 Å². The van der Waals surface area contributed by atoms with Crippen LogP contribution in [0.25, 0.3) is 0 Å². The molecule has 26 heavy (non-hydrogen) atoms. The minimum absolute atomic E-state index is 0.353. The lowest BCUT2D eigenvalue weighted by molar-refractivity contribution is -0.274. The molecule has 140 valence electrons. The molecule has 2 aromatic carbocycles. The van der Waals surface area contributed by atoms with Crippen LogP contribution >= 0.6 is 0 Å². The van der Waals surface area contributed by atoms with Gasteiger partial charge < -0.3 is 14.8 Å². The predicted molar refractivity (Wildman–Crippen MR) is 92.4 cm³/mol. The lowest BCUT2D eigenvalue weighted by Gasteiger charge is -2.19. The SMILES string of the molecule is CC[C@@H](Oc1ccc(C)cc1C)C(=O)Nc1ccc(OC(F)(F)F)cc1. The summed E-state index contributed by atoms with van der Waals surface area (Å²) in [4.78, 5) is 12.4. The van der Waals surface area contributed by atoms with Gasteiger partial charge in [0, 0.05) is 5.69 Å². The second kappa shape index (κ2) is 8.12. The summed E-state index contributed by atoms with van der Waals surface area (Å²) in [6.07, 6.45) is -5.03. The summed E-state index contributed by atoms with van der Waals surface area (Å²) in [6.45, 7) is 5.67. The van der Waals surface area contributed by atoms with E-state index in [-0.39, 0.29) is 11.7 Å². The quantitative estimate of drug-likeness (QED) is 0.782. The van der Waals surface area contributed by atoms with Gasteiger partial charge in [-0.1, -0.05) is 24.6 Å². The number of alkyl halides is 3. The molecule has 0 spiro atoms. The number of halogens is 3. The van der Waals surface area contributed by atoms with Gasteiger partial charge >= 0.3 is 6.36 Å². The van der Waals surface area contributed by atoms with Crippen molar-refractivity contribution in [3.63, 3.8) is 0 Å². The zero-order valence-corrected chi connectivity index (χ0v) is 14.7. The molecule has 0 radical (unpaired) electrons. The van der Waals surface area contributed by atoms with Crippen molar-refractivity contribution in [1.29, 1.82) is 0 Å². The van der Waals surface area contributed by atoms with E-state index in [1.54, 1.807) is 0 Å². The van der Waals surface area contributed by atoms with Crippen molar-refractivity contribution in [2.45, 2.75) is 39.7 Å². The molecule has 0 fully saturated rings. The molecule has 1 amide bonds. The maximum absolute atomic E-state index is 12.4. The Bertz CT molecular complexity index is 758. The fourth-order valence-electron chi connectivity index (χ4n) is 2.37. The maximum Gasteiger partial charge on any atom is 0.573 e. The van der Waals surface area contributed by atoms with Crippen molar-refractivity contribution in [2.24, 2.45) is 0 Å². The lowest BCUT2D eigenvalue weighted by atomic mass is 10.1. The van der Waals surface area contributed by atoms with Crippen LogP contribution in [0.1, 0.15) is 24.5 Å². The van der Waals surface area contributed by atoms with Gasteiger partial charge in [-0.25, -0.2) is 0 Å². The smallest absolute Gasteiger partial charge is 0.480 e. The molecule has 0 saturated heterocycles. The van der Waals surface area contributed by atoms with Crippen molar-refractivity contribution in [3.05, 3.63) is 53.6 Å². The first kappa shape index (κ1) is 19.6. The van der Waals surface area contributed by atoms with Crippen LogP contribution in [0.15, 0.2) is 42.5 Å². The van der Waals surface area contributed by atoms with E-state index in [1.807, 2.05) is 39.0 Å². The molecule has 4 nitrogen and oxygen atoms in total. The third kappa shape index (κ3) is 5.68. The van der Waals surface area contributed by atoms with Gasteiger partial charge in [0.15, 0.2) is 6.10 Å². The van der Waals surface area contributed by atoms with E-state index in [2.05, 4.69) is 10.1 Å². The van der Waals surface area contributed by atoms with Crippen molar-refractivity contribution < 1.29 is 27.4 Å². The molecule has 1 atom stereocenters. The highest BCUT2D eigenvalue weighted by Crippen LogP contribution is 2.25. The number of rotatable bonds is 6. The first-order valence-electron chi connectivity index (χ1n) is 8.08. The third-order valence-electron chi connectivity index (χ3n) is 3.62. The topological polar surface area (TPSA) is 47.6 Å². The van der Waals surface area contributed by atoms with Crippen molar-refractivity contribution >= 4 is 11.6 Å². The summed E-state index contributed by atoms with van der Waals surface area (Å²) in [7, 11) is 0. The molecule has 0 aliphatic carbocycles. The molecule has 0 aliphatic rings. The summed E-state index contributed by atoms with van der Waals surface area (Å²) >= 11 is 0. The van der Waals surface area contributed by atoms with E-state index in [0.717, 1.165) is 23.3 Å². The minimum Gasteiger partial charge on any atom is -0.480 e. The Hall–Kier alpha value is -2.70. The van der Waals surface area contributed by atoms with E-state index in [4.69, 9.17) is 4.74 Å².